The average molecular weight is 370 g/mol. The molecule has 0 aliphatic carbocycles. The molecule has 0 saturated carbocycles. The normalized spacial score (nSPS) is 11.8. The number of aliphatic hydroxyl groups is 1. The standard InChI is InChI=1S/C15H16BrNO3S/c1-17(10-12-6-8-14(16)9-7-12)21(19,20)15-5-3-2-4-13(15)11-18/h2-9,18H,10-11H2,1H3. The van der Waals surface area contributed by atoms with E-state index < -0.39 is 10.0 Å². The molecule has 0 aliphatic rings. The minimum atomic E-state index is -3.63. The molecule has 112 valence electrons. The maximum absolute atomic E-state index is 12.6. The van der Waals surface area contributed by atoms with Crippen molar-refractivity contribution in [3.8, 4) is 0 Å². The van der Waals surface area contributed by atoms with E-state index in [1.807, 2.05) is 24.3 Å². The molecule has 1 N–H and O–H groups in total. The molecule has 0 amide bonds. The summed E-state index contributed by atoms with van der Waals surface area (Å²) in [4.78, 5) is 0.145. The lowest BCUT2D eigenvalue weighted by molar-refractivity contribution is 0.278. The van der Waals surface area contributed by atoms with Gasteiger partial charge in [-0.1, -0.05) is 46.3 Å². The predicted octanol–water partition coefficient (Wildman–Crippen LogP) is 2.76. The Labute approximate surface area is 133 Å². The first-order chi connectivity index (χ1) is 9.95. The van der Waals surface area contributed by atoms with Gasteiger partial charge in [-0.3, -0.25) is 0 Å². The third-order valence-electron chi connectivity index (χ3n) is 3.15. The van der Waals surface area contributed by atoms with Gasteiger partial charge in [-0.2, -0.15) is 4.31 Å². The summed E-state index contributed by atoms with van der Waals surface area (Å²) in [6, 6.07) is 14.0. The molecule has 2 aromatic rings. The van der Waals surface area contributed by atoms with E-state index in [1.54, 1.807) is 18.2 Å². The second-order valence-corrected chi connectivity index (χ2v) is 7.58. The minimum absolute atomic E-state index is 0.145. The Morgan fingerprint density at radius 2 is 1.71 bits per heavy atom. The molecule has 0 bridgehead atoms. The van der Waals surface area contributed by atoms with Crippen molar-refractivity contribution < 1.29 is 13.5 Å². The van der Waals surface area contributed by atoms with E-state index >= 15 is 0 Å². The smallest absolute Gasteiger partial charge is 0.243 e. The van der Waals surface area contributed by atoms with Crippen LogP contribution in [-0.2, 0) is 23.2 Å². The minimum Gasteiger partial charge on any atom is -0.392 e. The van der Waals surface area contributed by atoms with Crippen LogP contribution in [0.3, 0.4) is 0 Å². The Bertz CT molecular complexity index is 714. The monoisotopic (exact) mass is 369 g/mol. The van der Waals surface area contributed by atoms with Crippen LogP contribution in [0, 0.1) is 0 Å². The molecule has 0 atom stereocenters. The zero-order valence-electron chi connectivity index (χ0n) is 11.5. The number of sulfonamides is 1. The predicted molar refractivity (Wildman–Crippen MR) is 85.2 cm³/mol. The third kappa shape index (κ3) is 3.71. The molecule has 0 aromatic heterocycles. The quantitative estimate of drug-likeness (QED) is 0.881. The van der Waals surface area contributed by atoms with E-state index in [-0.39, 0.29) is 18.0 Å². The zero-order chi connectivity index (χ0) is 15.5. The van der Waals surface area contributed by atoms with Crippen LogP contribution in [0.1, 0.15) is 11.1 Å². The molecule has 4 nitrogen and oxygen atoms in total. The molecule has 2 aromatic carbocycles. The molecular weight excluding hydrogens is 354 g/mol. The van der Waals surface area contributed by atoms with Crippen molar-refractivity contribution in [2.75, 3.05) is 7.05 Å². The summed E-state index contributed by atoms with van der Waals surface area (Å²) in [6.45, 7) is -0.0308. The van der Waals surface area contributed by atoms with E-state index in [2.05, 4.69) is 15.9 Å². The molecule has 0 unspecified atom stereocenters. The van der Waals surface area contributed by atoms with Crippen LogP contribution in [0.5, 0.6) is 0 Å². The number of halogens is 1. The fourth-order valence-electron chi connectivity index (χ4n) is 1.99. The Hall–Kier alpha value is -1.21. The lowest BCUT2D eigenvalue weighted by Crippen LogP contribution is -2.27. The Balaban J connectivity index is 2.28. The van der Waals surface area contributed by atoms with Crippen molar-refractivity contribution in [3.05, 3.63) is 64.1 Å². The molecule has 6 heteroatoms. The highest BCUT2D eigenvalue weighted by Crippen LogP contribution is 2.21. The van der Waals surface area contributed by atoms with E-state index in [0.29, 0.717) is 5.56 Å². The fraction of sp³-hybridized carbons (Fsp3) is 0.200. The van der Waals surface area contributed by atoms with Crippen LogP contribution in [0.4, 0.5) is 0 Å². The van der Waals surface area contributed by atoms with Gasteiger partial charge in [0.15, 0.2) is 0 Å². The van der Waals surface area contributed by atoms with Crippen LogP contribution in [-0.4, -0.2) is 24.9 Å². The SMILES string of the molecule is CN(Cc1ccc(Br)cc1)S(=O)(=O)c1ccccc1CO. The summed E-state index contributed by atoms with van der Waals surface area (Å²) < 4.78 is 27.4. The summed E-state index contributed by atoms with van der Waals surface area (Å²) in [5, 5.41) is 9.30. The first kappa shape index (κ1) is 16.2. The first-order valence-corrected chi connectivity index (χ1v) is 8.58. The largest absolute Gasteiger partial charge is 0.392 e. The molecule has 2 rings (SSSR count). The second kappa shape index (κ2) is 6.70. The maximum atomic E-state index is 12.6. The fourth-order valence-corrected chi connectivity index (χ4v) is 3.62. The van der Waals surface area contributed by atoms with Crippen LogP contribution < -0.4 is 0 Å². The van der Waals surface area contributed by atoms with E-state index in [4.69, 9.17) is 0 Å². The van der Waals surface area contributed by atoms with E-state index in [9.17, 15) is 13.5 Å². The van der Waals surface area contributed by atoms with E-state index in [1.165, 1.54) is 17.4 Å². The van der Waals surface area contributed by atoms with Crippen LogP contribution in [0.15, 0.2) is 57.9 Å². The van der Waals surface area contributed by atoms with Crippen LogP contribution >= 0.6 is 15.9 Å². The number of hydrogen-bond donors (Lipinski definition) is 1. The van der Waals surface area contributed by atoms with Gasteiger partial charge < -0.3 is 5.11 Å². The molecule has 0 aliphatic heterocycles. The van der Waals surface area contributed by atoms with Gasteiger partial charge in [0.05, 0.1) is 11.5 Å². The van der Waals surface area contributed by atoms with Gasteiger partial charge in [-0.25, -0.2) is 8.42 Å². The van der Waals surface area contributed by atoms with Gasteiger partial charge in [0.2, 0.25) is 10.0 Å². The maximum Gasteiger partial charge on any atom is 0.243 e. The Kier molecular flexibility index (Phi) is 5.16. The first-order valence-electron chi connectivity index (χ1n) is 6.34. The summed E-state index contributed by atoms with van der Waals surface area (Å²) >= 11 is 3.35. The average Bonchev–Trinajstić information content (AvgIpc) is 2.49. The van der Waals surface area contributed by atoms with Gasteiger partial charge in [0.25, 0.3) is 0 Å². The van der Waals surface area contributed by atoms with Gasteiger partial charge >= 0.3 is 0 Å². The van der Waals surface area contributed by atoms with Crippen molar-refractivity contribution in [3.63, 3.8) is 0 Å². The lowest BCUT2D eigenvalue weighted by atomic mass is 10.2. The van der Waals surface area contributed by atoms with Gasteiger partial charge in [0, 0.05) is 18.1 Å². The van der Waals surface area contributed by atoms with Crippen molar-refractivity contribution in [1.29, 1.82) is 0 Å². The lowest BCUT2D eigenvalue weighted by Gasteiger charge is -2.19. The van der Waals surface area contributed by atoms with Crippen LogP contribution in [0.25, 0.3) is 0 Å². The van der Waals surface area contributed by atoms with Crippen molar-refractivity contribution >= 4 is 26.0 Å². The summed E-state index contributed by atoms with van der Waals surface area (Å²) in [6.07, 6.45) is 0. The summed E-state index contributed by atoms with van der Waals surface area (Å²) in [5.41, 5.74) is 1.30. The Morgan fingerprint density at radius 3 is 2.33 bits per heavy atom. The van der Waals surface area contributed by atoms with Gasteiger partial charge in [-0.15, -0.1) is 0 Å². The number of rotatable bonds is 5. The van der Waals surface area contributed by atoms with Gasteiger partial charge in [-0.05, 0) is 29.3 Å². The van der Waals surface area contributed by atoms with E-state index in [0.717, 1.165) is 10.0 Å². The van der Waals surface area contributed by atoms with Crippen molar-refractivity contribution in [2.45, 2.75) is 18.0 Å². The molecule has 0 heterocycles. The highest BCUT2D eigenvalue weighted by Gasteiger charge is 2.23. The Morgan fingerprint density at radius 1 is 1.10 bits per heavy atom. The number of benzene rings is 2. The molecular formula is C15H16BrNO3S. The zero-order valence-corrected chi connectivity index (χ0v) is 13.9. The third-order valence-corrected chi connectivity index (χ3v) is 5.58. The molecule has 0 saturated heterocycles. The second-order valence-electron chi connectivity index (χ2n) is 4.65. The topological polar surface area (TPSA) is 57.6 Å². The van der Waals surface area contributed by atoms with Crippen molar-refractivity contribution in [2.24, 2.45) is 0 Å². The van der Waals surface area contributed by atoms with Crippen molar-refractivity contribution in [1.82, 2.24) is 4.31 Å². The number of nitrogens with zero attached hydrogens (tertiary/aromatic N) is 1. The molecule has 21 heavy (non-hydrogen) atoms. The molecule has 0 radical (unpaired) electrons. The summed E-state index contributed by atoms with van der Waals surface area (Å²) in [5.74, 6) is 0. The van der Waals surface area contributed by atoms with Crippen LogP contribution in [0.2, 0.25) is 0 Å². The highest BCUT2D eigenvalue weighted by atomic mass is 79.9. The highest BCUT2D eigenvalue weighted by molar-refractivity contribution is 9.10. The molecule has 0 fully saturated rings. The molecule has 0 spiro atoms. The number of hydrogen-bond acceptors (Lipinski definition) is 3. The number of aliphatic hydroxyl groups excluding tert-OH is 1. The van der Waals surface area contributed by atoms with Gasteiger partial charge in [0.1, 0.15) is 0 Å². The summed E-state index contributed by atoms with van der Waals surface area (Å²) in [7, 11) is -2.10.